The van der Waals surface area contributed by atoms with Crippen LogP contribution in [0.4, 0.5) is 10.7 Å². The van der Waals surface area contributed by atoms with Gasteiger partial charge in [-0.05, 0) is 40.2 Å². The lowest BCUT2D eigenvalue weighted by Gasteiger charge is -2.23. The largest absolute Gasteiger partial charge is 0.486 e. The van der Waals surface area contributed by atoms with Gasteiger partial charge in [-0.2, -0.15) is 0 Å². The zero-order valence-electron chi connectivity index (χ0n) is 12.7. The van der Waals surface area contributed by atoms with Gasteiger partial charge in [-0.1, -0.05) is 0 Å². The first-order valence-electron chi connectivity index (χ1n) is 7.12. The van der Waals surface area contributed by atoms with Crippen LogP contribution in [-0.4, -0.2) is 40.9 Å². The highest BCUT2D eigenvalue weighted by atomic mass is 16.6. The molecule has 2 N–H and O–H groups in total. The Morgan fingerprint density at radius 3 is 2.67 bits per heavy atom. The van der Waals surface area contributed by atoms with Crippen LogP contribution in [0.15, 0.2) is 12.4 Å². The fraction of sp³-hybridized carbons (Fsp3) is 0.643. The Hall–Kier alpha value is -1.89. The molecular formula is C14H22N4O3. The van der Waals surface area contributed by atoms with E-state index < -0.39 is 11.7 Å². The second-order valence-electron chi connectivity index (χ2n) is 5.96. The number of carbonyl (C=O) groups is 1. The van der Waals surface area contributed by atoms with Gasteiger partial charge in [0.25, 0.3) is 0 Å². The maximum Gasteiger partial charge on any atom is 0.414 e. The summed E-state index contributed by atoms with van der Waals surface area (Å²) < 4.78 is 10.9. The first-order valence-corrected chi connectivity index (χ1v) is 7.12. The Morgan fingerprint density at radius 2 is 2.10 bits per heavy atom. The van der Waals surface area contributed by atoms with Crippen LogP contribution in [0, 0.1) is 0 Å². The molecule has 2 heterocycles. The lowest BCUT2D eigenvalue weighted by molar-refractivity contribution is 0.0634. The number of rotatable bonds is 3. The van der Waals surface area contributed by atoms with Crippen LogP contribution in [-0.2, 0) is 4.74 Å². The predicted molar refractivity (Wildman–Crippen MR) is 78.4 cm³/mol. The molecule has 0 saturated carbocycles. The number of nitrogens with zero attached hydrogens (tertiary/aromatic N) is 2. The van der Waals surface area contributed by atoms with Crippen molar-refractivity contribution >= 4 is 12.0 Å². The summed E-state index contributed by atoms with van der Waals surface area (Å²) in [5.41, 5.74) is -0.554. The van der Waals surface area contributed by atoms with Gasteiger partial charge in [0.1, 0.15) is 11.7 Å². The van der Waals surface area contributed by atoms with Crippen LogP contribution in [0.5, 0.6) is 5.75 Å². The van der Waals surface area contributed by atoms with Crippen molar-refractivity contribution in [3.05, 3.63) is 12.4 Å². The summed E-state index contributed by atoms with van der Waals surface area (Å²) in [6.45, 7) is 7.25. The van der Waals surface area contributed by atoms with E-state index in [0.717, 1.165) is 25.9 Å². The van der Waals surface area contributed by atoms with Gasteiger partial charge in [-0.25, -0.2) is 14.8 Å². The van der Waals surface area contributed by atoms with Crippen LogP contribution in [0.1, 0.15) is 33.6 Å². The lowest BCUT2D eigenvalue weighted by Crippen LogP contribution is -2.37. The van der Waals surface area contributed by atoms with Crippen LogP contribution < -0.4 is 15.4 Å². The summed E-state index contributed by atoms with van der Waals surface area (Å²) in [6.07, 6.45) is 4.79. The van der Waals surface area contributed by atoms with Crippen molar-refractivity contribution < 1.29 is 14.3 Å². The van der Waals surface area contributed by atoms with Crippen molar-refractivity contribution in [3.8, 4) is 5.75 Å². The summed E-state index contributed by atoms with van der Waals surface area (Å²) in [6, 6.07) is 0. The average Bonchev–Trinajstić information content (AvgIpc) is 2.40. The van der Waals surface area contributed by atoms with E-state index in [1.54, 1.807) is 33.2 Å². The van der Waals surface area contributed by atoms with Gasteiger partial charge in [0, 0.05) is 6.54 Å². The van der Waals surface area contributed by atoms with Crippen molar-refractivity contribution in [2.24, 2.45) is 0 Å². The van der Waals surface area contributed by atoms with E-state index in [9.17, 15) is 4.79 Å². The summed E-state index contributed by atoms with van der Waals surface area (Å²) >= 11 is 0. The van der Waals surface area contributed by atoms with E-state index in [1.165, 1.54) is 0 Å². The Morgan fingerprint density at radius 1 is 1.38 bits per heavy atom. The highest BCUT2D eigenvalue weighted by molar-refractivity contribution is 5.82. The molecule has 1 aromatic heterocycles. The monoisotopic (exact) mass is 294 g/mol. The summed E-state index contributed by atoms with van der Waals surface area (Å²) in [7, 11) is 0. The van der Waals surface area contributed by atoms with Crippen molar-refractivity contribution in [2.45, 2.75) is 45.3 Å². The fourth-order valence-electron chi connectivity index (χ4n) is 1.95. The topological polar surface area (TPSA) is 85.4 Å². The van der Waals surface area contributed by atoms with Crippen LogP contribution >= 0.6 is 0 Å². The number of amides is 1. The highest BCUT2D eigenvalue weighted by Crippen LogP contribution is 2.15. The molecular weight excluding hydrogens is 272 g/mol. The molecule has 0 spiro atoms. The SMILES string of the molecule is CC(C)(C)OC(=O)Nc1ncc(OC2CCCNC2)cn1. The van der Waals surface area contributed by atoms with Gasteiger partial charge < -0.3 is 14.8 Å². The van der Waals surface area contributed by atoms with Gasteiger partial charge in [-0.3, -0.25) is 5.32 Å². The Balaban J connectivity index is 1.85. The maximum atomic E-state index is 11.6. The molecule has 2 rings (SSSR count). The number of carbonyl (C=O) groups excluding carboxylic acids is 1. The molecule has 1 aliphatic heterocycles. The molecule has 7 heteroatoms. The normalized spacial score (nSPS) is 18.9. The molecule has 1 aromatic rings. The molecule has 0 radical (unpaired) electrons. The molecule has 116 valence electrons. The number of hydrogen-bond donors (Lipinski definition) is 2. The predicted octanol–water partition coefficient (Wildman–Crippen LogP) is 1.95. The van der Waals surface area contributed by atoms with Gasteiger partial charge in [-0.15, -0.1) is 0 Å². The highest BCUT2D eigenvalue weighted by Gasteiger charge is 2.17. The van der Waals surface area contributed by atoms with Crippen molar-refractivity contribution in [1.82, 2.24) is 15.3 Å². The number of anilines is 1. The molecule has 1 atom stereocenters. The van der Waals surface area contributed by atoms with E-state index >= 15 is 0 Å². The average molecular weight is 294 g/mol. The van der Waals surface area contributed by atoms with E-state index in [2.05, 4.69) is 20.6 Å². The smallest absolute Gasteiger partial charge is 0.414 e. The third-order valence-corrected chi connectivity index (χ3v) is 2.80. The third-order valence-electron chi connectivity index (χ3n) is 2.80. The van der Waals surface area contributed by atoms with Gasteiger partial charge in [0.2, 0.25) is 5.95 Å². The van der Waals surface area contributed by atoms with E-state index in [0.29, 0.717) is 5.75 Å². The molecule has 0 aromatic carbocycles. The minimum absolute atomic E-state index is 0.145. The number of piperidine rings is 1. The first-order chi connectivity index (χ1) is 9.92. The fourth-order valence-corrected chi connectivity index (χ4v) is 1.95. The molecule has 1 aliphatic rings. The van der Waals surface area contributed by atoms with Gasteiger partial charge in [0.15, 0.2) is 5.75 Å². The number of ether oxygens (including phenoxy) is 2. The summed E-state index contributed by atoms with van der Waals surface area (Å²) in [4.78, 5) is 19.7. The molecule has 7 nitrogen and oxygen atoms in total. The minimum Gasteiger partial charge on any atom is -0.486 e. The van der Waals surface area contributed by atoms with E-state index in [-0.39, 0.29) is 12.1 Å². The minimum atomic E-state index is -0.576. The zero-order valence-corrected chi connectivity index (χ0v) is 12.7. The molecule has 0 bridgehead atoms. The molecule has 0 aliphatic carbocycles. The van der Waals surface area contributed by atoms with E-state index in [1.807, 2.05) is 0 Å². The van der Waals surface area contributed by atoms with Crippen LogP contribution in [0.3, 0.4) is 0 Å². The van der Waals surface area contributed by atoms with Crippen LogP contribution in [0.25, 0.3) is 0 Å². The lowest BCUT2D eigenvalue weighted by atomic mass is 10.1. The molecule has 1 saturated heterocycles. The first kappa shape index (κ1) is 15.5. The standard InChI is InChI=1S/C14H22N4O3/c1-14(2,3)21-13(19)18-12-16-8-11(9-17-12)20-10-5-4-6-15-7-10/h8-10,15H,4-7H2,1-3H3,(H,16,17,18,19). The number of nitrogens with one attached hydrogen (secondary N) is 2. The second-order valence-corrected chi connectivity index (χ2v) is 5.96. The quantitative estimate of drug-likeness (QED) is 0.886. The Labute approximate surface area is 124 Å². The molecule has 1 amide bonds. The van der Waals surface area contributed by atoms with E-state index in [4.69, 9.17) is 9.47 Å². The Kier molecular flexibility index (Phi) is 4.95. The van der Waals surface area contributed by atoms with Crippen molar-refractivity contribution in [3.63, 3.8) is 0 Å². The zero-order chi connectivity index (χ0) is 15.3. The maximum absolute atomic E-state index is 11.6. The molecule has 1 unspecified atom stereocenters. The third kappa shape index (κ3) is 5.55. The summed E-state index contributed by atoms with van der Waals surface area (Å²) in [5.74, 6) is 0.789. The summed E-state index contributed by atoms with van der Waals surface area (Å²) in [5, 5.41) is 5.75. The van der Waals surface area contributed by atoms with Crippen molar-refractivity contribution in [1.29, 1.82) is 0 Å². The van der Waals surface area contributed by atoms with Crippen LogP contribution in [0.2, 0.25) is 0 Å². The molecule has 1 fully saturated rings. The number of aromatic nitrogens is 2. The van der Waals surface area contributed by atoms with Gasteiger partial charge in [0.05, 0.1) is 12.4 Å². The second kappa shape index (κ2) is 6.71. The van der Waals surface area contributed by atoms with Gasteiger partial charge >= 0.3 is 6.09 Å². The number of hydrogen-bond acceptors (Lipinski definition) is 6. The molecule has 21 heavy (non-hydrogen) atoms. The Bertz CT molecular complexity index is 464. The van der Waals surface area contributed by atoms with Crippen molar-refractivity contribution in [2.75, 3.05) is 18.4 Å².